The van der Waals surface area contributed by atoms with Crippen LogP contribution in [0.4, 0.5) is 5.69 Å². The Morgan fingerprint density at radius 1 is 1.19 bits per heavy atom. The van der Waals surface area contributed by atoms with E-state index in [0.717, 1.165) is 19.6 Å². The van der Waals surface area contributed by atoms with Crippen molar-refractivity contribution in [1.82, 2.24) is 5.32 Å². The quantitative estimate of drug-likeness (QED) is 0.821. The summed E-state index contributed by atoms with van der Waals surface area (Å²) in [5.41, 5.74) is 2.83. The minimum atomic E-state index is 0.598. The van der Waals surface area contributed by atoms with Crippen LogP contribution in [-0.2, 0) is 6.54 Å². The van der Waals surface area contributed by atoms with E-state index < -0.39 is 0 Å². The van der Waals surface area contributed by atoms with Crippen molar-refractivity contribution >= 4 is 5.69 Å². The lowest BCUT2D eigenvalue weighted by Gasteiger charge is -2.33. The molecule has 1 atom stereocenters. The van der Waals surface area contributed by atoms with Crippen LogP contribution in [0.1, 0.15) is 26.3 Å². The number of nitrogens with zero attached hydrogens (tertiary/aromatic N) is 1. The second-order valence-corrected chi connectivity index (χ2v) is 4.98. The van der Waals surface area contributed by atoms with Gasteiger partial charge in [0, 0.05) is 31.4 Å². The number of rotatable bonds is 2. The standard InChI is InChI=1S/C14H22N2/c1-11(2)12(3)16-9-8-15-10-13-6-4-5-7-14(13)16/h4-7,11-12,15H,8-10H2,1-3H3. The van der Waals surface area contributed by atoms with Crippen molar-refractivity contribution in [3.63, 3.8) is 0 Å². The zero-order chi connectivity index (χ0) is 11.5. The first-order valence-electron chi connectivity index (χ1n) is 6.25. The first-order chi connectivity index (χ1) is 7.70. The number of hydrogen-bond donors (Lipinski definition) is 1. The Morgan fingerprint density at radius 3 is 2.69 bits per heavy atom. The second kappa shape index (κ2) is 4.88. The van der Waals surface area contributed by atoms with Crippen molar-refractivity contribution < 1.29 is 0 Å². The molecule has 2 heteroatoms. The highest BCUT2D eigenvalue weighted by molar-refractivity contribution is 5.55. The van der Waals surface area contributed by atoms with E-state index >= 15 is 0 Å². The Balaban J connectivity index is 2.32. The molecule has 1 aliphatic heterocycles. The van der Waals surface area contributed by atoms with E-state index in [0.29, 0.717) is 12.0 Å². The minimum Gasteiger partial charge on any atom is -0.367 e. The van der Waals surface area contributed by atoms with E-state index in [2.05, 4.69) is 55.3 Å². The maximum atomic E-state index is 3.49. The molecule has 0 radical (unpaired) electrons. The first-order valence-corrected chi connectivity index (χ1v) is 6.25. The summed E-state index contributed by atoms with van der Waals surface area (Å²) in [5, 5.41) is 3.49. The van der Waals surface area contributed by atoms with Crippen LogP contribution in [-0.4, -0.2) is 19.1 Å². The van der Waals surface area contributed by atoms with E-state index in [1.54, 1.807) is 0 Å². The minimum absolute atomic E-state index is 0.598. The molecule has 88 valence electrons. The molecular formula is C14H22N2. The molecule has 0 aromatic heterocycles. The van der Waals surface area contributed by atoms with Crippen molar-refractivity contribution in [2.45, 2.75) is 33.4 Å². The van der Waals surface area contributed by atoms with E-state index in [-0.39, 0.29) is 0 Å². The molecule has 1 unspecified atom stereocenters. The summed E-state index contributed by atoms with van der Waals surface area (Å²) >= 11 is 0. The fraction of sp³-hybridized carbons (Fsp3) is 0.571. The molecule has 1 aromatic carbocycles. The Labute approximate surface area is 98.7 Å². The van der Waals surface area contributed by atoms with Crippen molar-refractivity contribution in [3.8, 4) is 0 Å². The first kappa shape index (κ1) is 11.5. The fourth-order valence-corrected chi connectivity index (χ4v) is 2.27. The van der Waals surface area contributed by atoms with Gasteiger partial charge in [0.2, 0.25) is 0 Å². The molecule has 1 heterocycles. The third-order valence-electron chi connectivity index (χ3n) is 3.60. The van der Waals surface area contributed by atoms with Gasteiger partial charge in [-0.2, -0.15) is 0 Å². The summed E-state index contributed by atoms with van der Waals surface area (Å²) in [6.45, 7) is 10.1. The van der Waals surface area contributed by atoms with Gasteiger partial charge in [-0.3, -0.25) is 0 Å². The predicted octanol–water partition coefficient (Wildman–Crippen LogP) is 2.64. The number of para-hydroxylation sites is 1. The summed E-state index contributed by atoms with van der Waals surface area (Å²) < 4.78 is 0. The highest BCUT2D eigenvalue weighted by Gasteiger charge is 2.21. The molecule has 2 rings (SSSR count). The van der Waals surface area contributed by atoms with Crippen LogP contribution in [0.25, 0.3) is 0 Å². The van der Waals surface area contributed by atoms with Gasteiger partial charge in [-0.05, 0) is 24.5 Å². The lowest BCUT2D eigenvalue weighted by atomic mass is 10.0. The van der Waals surface area contributed by atoms with Gasteiger partial charge in [0.25, 0.3) is 0 Å². The second-order valence-electron chi connectivity index (χ2n) is 4.98. The molecule has 0 spiro atoms. The summed E-state index contributed by atoms with van der Waals surface area (Å²) in [6.07, 6.45) is 0. The predicted molar refractivity (Wildman–Crippen MR) is 69.8 cm³/mol. The van der Waals surface area contributed by atoms with Crippen LogP contribution in [0, 0.1) is 5.92 Å². The molecule has 0 bridgehead atoms. The molecule has 0 amide bonds. The van der Waals surface area contributed by atoms with Gasteiger partial charge in [0.1, 0.15) is 0 Å². The Kier molecular flexibility index (Phi) is 3.49. The molecule has 0 fully saturated rings. The van der Waals surface area contributed by atoms with Crippen molar-refractivity contribution in [1.29, 1.82) is 0 Å². The Morgan fingerprint density at radius 2 is 1.94 bits per heavy atom. The van der Waals surface area contributed by atoms with Crippen LogP contribution < -0.4 is 10.2 Å². The van der Waals surface area contributed by atoms with Gasteiger partial charge in [-0.25, -0.2) is 0 Å². The molecular weight excluding hydrogens is 196 g/mol. The molecule has 16 heavy (non-hydrogen) atoms. The van der Waals surface area contributed by atoms with E-state index in [1.165, 1.54) is 11.3 Å². The van der Waals surface area contributed by atoms with Crippen LogP contribution in [0.5, 0.6) is 0 Å². The van der Waals surface area contributed by atoms with Gasteiger partial charge in [-0.1, -0.05) is 32.0 Å². The lowest BCUT2D eigenvalue weighted by molar-refractivity contribution is 0.483. The van der Waals surface area contributed by atoms with Gasteiger partial charge >= 0.3 is 0 Å². The van der Waals surface area contributed by atoms with Gasteiger partial charge in [0.05, 0.1) is 0 Å². The summed E-state index contributed by atoms with van der Waals surface area (Å²) in [4.78, 5) is 2.54. The number of fused-ring (bicyclic) bond motifs is 1. The average Bonchev–Trinajstić information content (AvgIpc) is 2.50. The fourth-order valence-electron chi connectivity index (χ4n) is 2.27. The lowest BCUT2D eigenvalue weighted by Crippen LogP contribution is -2.39. The SMILES string of the molecule is CC(C)C(C)N1CCNCc2ccccc21. The number of benzene rings is 1. The smallest absolute Gasteiger partial charge is 0.0414 e. The maximum absolute atomic E-state index is 3.49. The summed E-state index contributed by atoms with van der Waals surface area (Å²) in [7, 11) is 0. The number of anilines is 1. The van der Waals surface area contributed by atoms with Crippen molar-refractivity contribution in [2.75, 3.05) is 18.0 Å². The van der Waals surface area contributed by atoms with E-state index in [9.17, 15) is 0 Å². The van der Waals surface area contributed by atoms with Crippen LogP contribution >= 0.6 is 0 Å². The van der Waals surface area contributed by atoms with Crippen LogP contribution in [0.15, 0.2) is 24.3 Å². The zero-order valence-electron chi connectivity index (χ0n) is 10.5. The van der Waals surface area contributed by atoms with Gasteiger partial charge in [0.15, 0.2) is 0 Å². The number of nitrogens with one attached hydrogen (secondary N) is 1. The van der Waals surface area contributed by atoms with Crippen LogP contribution in [0.2, 0.25) is 0 Å². The topological polar surface area (TPSA) is 15.3 Å². The molecule has 1 N–H and O–H groups in total. The van der Waals surface area contributed by atoms with Crippen molar-refractivity contribution in [3.05, 3.63) is 29.8 Å². The maximum Gasteiger partial charge on any atom is 0.0414 e. The van der Waals surface area contributed by atoms with Gasteiger partial charge in [-0.15, -0.1) is 0 Å². The monoisotopic (exact) mass is 218 g/mol. The zero-order valence-corrected chi connectivity index (χ0v) is 10.5. The molecule has 1 aromatic rings. The van der Waals surface area contributed by atoms with E-state index in [1.807, 2.05) is 0 Å². The molecule has 0 saturated heterocycles. The third-order valence-corrected chi connectivity index (χ3v) is 3.60. The average molecular weight is 218 g/mol. The van der Waals surface area contributed by atoms with Crippen molar-refractivity contribution in [2.24, 2.45) is 5.92 Å². The third kappa shape index (κ3) is 2.22. The Hall–Kier alpha value is -1.02. The molecule has 0 saturated carbocycles. The summed E-state index contributed by atoms with van der Waals surface area (Å²) in [5.74, 6) is 0.686. The Bertz CT molecular complexity index is 346. The highest BCUT2D eigenvalue weighted by atomic mass is 15.2. The molecule has 2 nitrogen and oxygen atoms in total. The molecule has 1 aliphatic rings. The molecule has 0 aliphatic carbocycles. The normalized spacial score (nSPS) is 18.1. The van der Waals surface area contributed by atoms with E-state index in [4.69, 9.17) is 0 Å². The summed E-state index contributed by atoms with van der Waals surface area (Å²) in [6, 6.07) is 9.35. The highest BCUT2D eigenvalue weighted by Crippen LogP contribution is 2.26. The largest absolute Gasteiger partial charge is 0.367 e. The van der Waals surface area contributed by atoms with Crippen LogP contribution in [0.3, 0.4) is 0 Å². The van der Waals surface area contributed by atoms with Gasteiger partial charge < -0.3 is 10.2 Å². The number of hydrogen-bond acceptors (Lipinski definition) is 2.